The summed E-state index contributed by atoms with van der Waals surface area (Å²) in [5, 5.41) is 0. The van der Waals surface area contributed by atoms with Crippen molar-refractivity contribution in [1.29, 1.82) is 0 Å². The van der Waals surface area contributed by atoms with Crippen molar-refractivity contribution in [3.05, 3.63) is 29.3 Å². The highest BCUT2D eigenvalue weighted by molar-refractivity contribution is 5.40. The van der Waals surface area contributed by atoms with Gasteiger partial charge < -0.3 is 4.74 Å². The normalized spacial score (nSPS) is 40.2. The van der Waals surface area contributed by atoms with E-state index in [1.165, 1.54) is 38.5 Å². The van der Waals surface area contributed by atoms with Gasteiger partial charge in [0.15, 0.2) is 0 Å². The molecule has 1 heteroatoms. The largest absolute Gasteiger partial charge is 0.497 e. The number of rotatable bonds is 1. The van der Waals surface area contributed by atoms with E-state index in [0.717, 1.165) is 23.5 Å². The molecule has 0 N–H and O–H groups in total. The fourth-order valence-electron chi connectivity index (χ4n) is 7.18. The van der Waals surface area contributed by atoms with Crippen LogP contribution in [-0.2, 0) is 6.42 Å². The van der Waals surface area contributed by atoms with Gasteiger partial charge in [0.2, 0.25) is 0 Å². The number of fused-ring (bicyclic) bond motifs is 5. The van der Waals surface area contributed by atoms with Crippen molar-refractivity contribution in [2.24, 2.45) is 28.1 Å². The monoisotopic (exact) mass is 340 g/mol. The van der Waals surface area contributed by atoms with Gasteiger partial charge in [-0.3, -0.25) is 0 Å². The number of hydrogen-bond donors (Lipinski definition) is 0. The molecule has 0 aromatic heterocycles. The Morgan fingerprint density at radius 2 is 1.80 bits per heavy atom. The van der Waals surface area contributed by atoms with Crippen LogP contribution < -0.4 is 4.74 Å². The van der Waals surface area contributed by atoms with Crippen LogP contribution >= 0.6 is 0 Å². The summed E-state index contributed by atoms with van der Waals surface area (Å²) in [6.45, 7) is 12.7. The summed E-state index contributed by atoms with van der Waals surface area (Å²) in [6.07, 6.45) is 8.26. The van der Waals surface area contributed by atoms with E-state index in [1.54, 1.807) is 18.2 Å². The molecule has 0 saturated heterocycles. The number of benzene rings is 1. The summed E-state index contributed by atoms with van der Waals surface area (Å²) < 4.78 is 5.47. The van der Waals surface area contributed by atoms with E-state index < -0.39 is 0 Å². The average molecular weight is 341 g/mol. The van der Waals surface area contributed by atoms with E-state index in [-0.39, 0.29) is 0 Å². The minimum atomic E-state index is 0.392. The number of ether oxygens (including phenoxy) is 1. The van der Waals surface area contributed by atoms with Crippen LogP contribution in [0.5, 0.6) is 5.75 Å². The minimum absolute atomic E-state index is 0.392. The minimum Gasteiger partial charge on any atom is -0.497 e. The van der Waals surface area contributed by atoms with Gasteiger partial charge in [0.25, 0.3) is 0 Å². The Kier molecular flexibility index (Phi) is 3.84. The van der Waals surface area contributed by atoms with Crippen molar-refractivity contribution in [3.8, 4) is 5.75 Å². The predicted molar refractivity (Wildman–Crippen MR) is 105 cm³/mol. The summed E-state index contributed by atoms with van der Waals surface area (Å²) in [5.74, 6) is 3.61. The molecule has 2 saturated carbocycles. The zero-order chi connectivity index (χ0) is 18.0. The summed E-state index contributed by atoms with van der Waals surface area (Å²) in [6, 6.07) is 6.86. The van der Waals surface area contributed by atoms with Crippen molar-refractivity contribution in [1.82, 2.24) is 0 Å². The molecule has 4 rings (SSSR count). The number of methoxy groups -OCH3 is 1. The van der Waals surface area contributed by atoms with Crippen LogP contribution in [0.3, 0.4) is 0 Å². The highest BCUT2D eigenvalue weighted by Gasteiger charge is 2.62. The van der Waals surface area contributed by atoms with Gasteiger partial charge in [-0.1, -0.05) is 40.7 Å². The zero-order valence-corrected chi connectivity index (χ0v) is 17.1. The van der Waals surface area contributed by atoms with Gasteiger partial charge in [-0.2, -0.15) is 0 Å². The molecule has 1 nitrogen and oxygen atoms in total. The highest BCUT2D eigenvalue weighted by Crippen LogP contribution is 2.71. The molecule has 5 atom stereocenters. The second-order valence-corrected chi connectivity index (χ2v) is 10.6. The highest BCUT2D eigenvalue weighted by atomic mass is 16.5. The Labute approximate surface area is 154 Å². The van der Waals surface area contributed by atoms with E-state index in [2.05, 4.69) is 52.8 Å². The molecule has 0 amide bonds. The molecule has 138 valence electrons. The van der Waals surface area contributed by atoms with Gasteiger partial charge in [0, 0.05) is 0 Å². The van der Waals surface area contributed by atoms with Crippen LogP contribution in [0.4, 0.5) is 0 Å². The molecule has 0 heterocycles. The van der Waals surface area contributed by atoms with Crippen LogP contribution in [-0.4, -0.2) is 7.11 Å². The average Bonchev–Trinajstić information content (AvgIpc) is 2.86. The lowest BCUT2D eigenvalue weighted by molar-refractivity contribution is -0.0759. The quantitative estimate of drug-likeness (QED) is 0.559. The first-order valence-corrected chi connectivity index (χ1v) is 10.4. The van der Waals surface area contributed by atoms with Gasteiger partial charge in [0.1, 0.15) is 5.75 Å². The maximum atomic E-state index is 5.47. The molecule has 3 aliphatic carbocycles. The third kappa shape index (κ3) is 2.26. The number of hydrogen-bond acceptors (Lipinski definition) is 1. The molecular weight excluding hydrogens is 304 g/mol. The lowest BCUT2D eigenvalue weighted by Crippen LogP contribution is -2.50. The topological polar surface area (TPSA) is 9.23 Å². The molecule has 0 unspecified atom stereocenters. The summed E-state index contributed by atoms with van der Waals surface area (Å²) in [5.41, 5.74) is 4.57. The smallest absolute Gasteiger partial charge is 0.119 e. The Morgan fingerprint density at radius 1 is 1.04 bits per heavy atom. The Morgan fingerprint density at radius 3 is 2.48 bits per heavy atom. The Balaban J connectivity index is 1.69. The maximum absolute atomic E-state index is 5.47. The molecule has 0 radical (unpaired) electrons. The van der Waals surface area contributed by atoms with Crippen LogP contribution in [0.25, 0.3) is 0 Å². The van der Waals surface area contributed by atoms with Crippen molar-refractivity contribution in [2.45, 2.75) is 79.1 Å². The van der Waals surface area contributed by atoms with Crippen molar-refractivity contribution < 1.29 is 4.74 Å². The van der Waals surface area contributed by atoms with Crippen LogP contribution in [0.15, 0.2) is 18.2 Å². The van der Waals surface area contributed by atoms with Gasteiger partial charge in [0.05, 0.1) is 7.11 Å². The Bertz CT molecular complexity index is 669. The van der Waals surface area contributed by atoms with Gasteiger partial charge in [-0.25, -0.2) is 0 Å². The van der Waals surface area contributed by atoms with E-state index in [1.807, 2.05) is 0 Å². The number of aryl methyl sites for hydroxylation is 1. The van der Waals surface area contributed by atoms with Gasteiger partial charge >= 0.3 is 0 Å². The standard InChI is InChI=1S/C24H36O/c1-22(2,3)24(5)14-12-21-20-9-7-16-15-17(25-6)8-10-18(16)19(20)11-13-23(21,24)4/h8,10,15,19-21H,7,9,11-14H2,1-6H3/t19-,20-,21+,23+,24-/m1/s1. The van der Waals surface area contributed by atoms with Crippen LogP contribution in [0, 0.1) is 28.1 Å². The summed E-state index contributed by atoms with van der Waals surface area (Å²) in [7, 11) is 1.78. The molecule has 1 aromatic rings. The van der Waals surface area contributed by atoms with E-state index in [4.69, 9.17) is 4.74 Å². The first kappa shape index (κ1) is 17.4. The second-order valence-electron chi connectivity index (χ2n) is 10.6. The molecule has 1 aromatic carbocycles. The summed E-state index contributed by atoms with van der Waals surface area (Å²) >= 11 is 0. The fraction of sp³-hybridized carbons (Fsp3) is 0.750. The van der Waals surface area contributed by atoms with Crippen molar-refractivity contribution >= 4 is 0 Å². The van der Waals surface area contributed by atoms with Crippen molar-refractivity contribution in [3.63, 3.8) is 0 Å². The predicted octanol–water partition coefficient (Wildman–Crippen LogP) is 6.60. The van der Waals surface area contributed by atoms with E-state index >= 15 is 0 Å². The first-order valence-electron chi connectivity index (χ1n) is 10.4. The SMILES string of the molecule is COc1ccc2c(c1)CC[C@@H]1[C@@H]2CC[C@@]2(C)[C@H]1CC[C@]2(C)C(C)(C)C. The molecule has 0 aliphatic heterocycles. The molecule has 25 heavy (non-hydrogen) atoms. The lowest BCUT2D eigenvalue weighted by atomic mass is 9.46. The van der Waals surface area contributed by atoms with Gasteiger partial charge in [-0.15, -0.1) is 0 Å². The van der Waals surface area contributed by atoms with E-state index in [0.29, 0.717) is 16.2 Å². The zero-order valence-electron chi connectivity index (χ0n) is 17.1. The summed E-state index contributed by atoms with van der Waals surface area (Å²) in [4.78, 5) is 0. The second kappa shape index (κ2) is 5.51. The van der Waals surface area contributed by atoms with Gasteiger partial charge in [-0.05, 0) is 95.8 Å². The van der Waals surface area contributed by atoms with E-state index in [9.17, 15) is 0 Å². The molecule has 0 spiro atoms. The molecule has 3 aliphatic rings. The third-order valence-corrected chi connectivity index (χ3v) is 9.19. The third-order valence-electron chi connectivity index (χ3n) is 9.19. The van der Waals surface area contributed by atoms with Crippen molar-refractivity contribution in [2.75, 3.05) is 7.11 Å². The first-order chi connectivity index (χ1) is 11.7. The molecule has 2 fully saturated rings. The molecular formula is C24H36O. The molecule has 0 bridgehead atoms. The van der Waals surface area contributed by atoms with Crippen LogP contribution in [0.2, 0.25) is 0 Å². The maximum Gasteiger partial charge on any atom is 0.119 e. The fourth-order valence-corrected chi connectivity index (χ4v) is 7.18. The lowest BCUT2D eigenvalue weighted by Gasteiger charge is -2.58. The Hall–Kier alpha value is -0.980. The van der Waals surface area contributed by atoms with Crippen LogP contribution in [0.1, 0.15) is 83.8 Å².